The summed E-state index contributed by atoms with van der Waals surface area (Å²) >= 11 is 8.43. The van der Waals surface area contributed by atoms with Crippen molar-refractivity contribution >= 4 is 34.2 Å². The zero-order chi connectivity index (χ0) is 15.0. The molecular weight excluding hydrogens is 403 g/mol. The molecule has 0 spiro atoms. The molecule has 0 saturated heterocycles. The van der Waals surface area contributed by atoms with E-state index in [1.54, 1.807) is 0 Å². The van der Waals surface area contributed by atoms with Gasteiger partial charge in [0.2, 0.25) is 0 Å². The first-order valence-electron chi connectivity index (χ1n) is 6.69. The van der Waals surface area contributed by atoms with Gasteiger partial charge in [-0.05, 0) is 46.7 Å². The highest BCUT2D eigenvalue weighted by Gasteiger charge is 2.17. The fourth-order valence-electron chi connectivity index (χ4n) is 2.13. The minimum atomic E-state index is 0.286. The second-order valence-corrected chi connectivity index (χ2v) is 6.49. The van der Waals surface area contributed by atoms with Gasteiger partial charge in [0.05, 0.1) is 9.26 Å². The lowest BCUT2D eigenvalue weighted by Gasteiger charge is -2.19. The van der Waals surface area contributed by atoms with Crippen molar-refractivity contribution in [2.24, 2.45) is 0 Å². The predicted molar refractivity (Wildman–Crippen MR) is 90.3 cm³/mol. The van der Waals surface area contributed by atoms with Crippen LogP contribution in [0.1, 0.15) is 25.5 Å². The normalized spacial score (nSPS) is 13.6. The van der Waals surface area contributed by atoms with Crippen molar-refractivity contribution in [1.29, 1.82) is 0 Å². The summed E-state index contributed by atoms with van der Waals surface area (Å²) in [6, 6.07) is 5.71. The Morgan fingerprint density at radius 2 is 1.86 bits per heavy atom. The van der Waals surface area contributed by atoms with Gasteiger partial charge in [-0.3, -0.25) is 0 Å². The molecule has 2 aromatic rings. The molecule has 0 radical (unpaired) electrons. The molecule has 1 aromatic heterocycles. The molecule has 0 N–H and O–H groups in total. The monoisotopic (exact) mass is 416 g/mol. The molecular formula is C15H14ClIN2O2. The molecule has 1 aliphatic heterocycles. The van der Waals surface area contributed by atoms with E-state index in [-0.39, 0.29) is 5.92 Å². The molecule has 21 heavy (non-hydrogen) atoms. The largest absolute Gasteiger partial charge is 0.486 e. The van der Waals surface area contributed by atoms with Gasteiger partial charge >= 0.3 is 0 Å². The molecule has 0 bridgehead atoms. The molecule has 0 saturated carbocycles. The van der Waals surface area contributed by atoms with E-state index in [4.69, 9.17) is 21.1 Å². The predicted octanol–water partition coefficient (Wildman–Crippen LogP) is 4.30. The van der Waals surface area contributed by atoms with Crippen LogP contribution in [0.3, 0.4) is 0 Å². The number of ether oxygens (including phenoxy) is 2. The molecule has 0 atom stereocenters. The van der Waals surface area contributed by atoms with Crippen LogP contribution < -0.4 is 9.47 Å². The Balaban J connectivity index is 2.08. The molecule has 1 aromatic carbocycles. The average Bonchev–Trinajstić information content (AvgIpc) is 2.49. The maximum atomic E-state index is 6.24. The van der Waals surface area contributed by atoms with E-state index in [1.807, 2.05) is 18.2 Å². The Morgan fingerprint density at radius 3 is 2.57 bits per heavy atom. The topological polar surface area (TPSA) is 44.2 Å². The van der Waals surface area contributed by atoms with E-state index in [0.717, 1.165) is 26.3 Å². The molecule has 110 valence electrons. The fraction of sp³-hybridized carbons (Fsp3) is 0.333. The molecule has 6 heteroatoms. The first kappa shape index (κ1) is 14.8. The highest BCUT2D eigenvalue weighted by atomic mass is 127. The Kier molecular flexibility index (Phi) is 4.21. The number of benzene rings is 1. The maximum absolute atomic E-state index is 6.24. The molecule has 0 unspecified atom stereocenters. The van der Waals surface area contributed by atoms with Crippen molar-refractivity contribution < 1.29 is 9.47 Å². The van der Waals surface area contributed by atoms with Gasteiger partial charge in [-0.25, -0.2) is 9.97 Å². The van der Waals surface area contributed by atoms with Crippen LogP contribution in [0, 0.1) is 3.57 Å². The highest BCUT2D eigenvalue weighted by Crippen LogP contribution is 2.35. The average molecular weight is 417 g/mol. The Labute approximate surface area is 142 Å². The first-order chi connectivity index (χ1) is 10.1. The van der Waals surface area contributed by atoms with E-state index in [2.05, 4.69) is 46.4 Å². The lowest BCUT2D eigenvalue weighted by atomic mass is 10.1. The summed E-state index contributed by atoms with van der Waals surface area (Å²) in [5.41, 5.74) is 1.83. The smallest absolute Gasteiger partial charge is 0.162 e. The van der Waals surface area contributed by atoms with Gasteiger partial charge in [0.25, 0.3) is 0 Å². The number of nitrogens with zero attached hydrogens (tertiary/aromatic N) is 2. The molecule has 1 aliphatic rings. The van der Waals surface area contributed by atoms with E-state index in [1.165, 1.54) is 0 Å². The fourth-order valence-corrected chi connectivity index (χ4v) is 3.17. The third-order valence-electron chi connectivity index (χ3n) is 3.18. The molecule has 3 rings (SSSR count). The molecule has 2 heterocycles. The van der Waals surface area contributed by atoms with E-state index >= 15 is 0 Å². The van der Waals surface area contributed by atoms with Crippen LogP contribution in [0.2, 0.25) is 5.15 Å². The number of aromatic nitrogens is 2. The number of halogens is 2. The summed E-state index contributed by atoms with van der Waals surface area (Å²) in [5, 5.41) is 0.485. The second-order valence-electron chi connectivity index (χ2n) is 5.05. The minimum absolute atomic E-state index is 0.286. The van der Waals surface area contributed by atoms with E-state index < -0.39 is 0 Å². The van der Waals surface area contributed by atoms with Crippen LogP contribution in [0.5, 0.6) is 11.5 Å². The van der Waals surface area contributed by atoms with Gasteiger partial charge in [0, 0.05) is 5.56 Å². The van der Waals surface area contributed by atoms with Gasteiger partial charge in [-0.2, -0.15) is 0 Å². The lowest BCUT2D eigenvalue weighted by Crippen LogP contribution is -2.15. The SMILES string of the molecule is CC(C)c1nc(-c2ccc3c(c2)OCCO3)nc(Cl)c1I. The van der Waals surface area contributed by atoms with Crippen molar-refractivity contribution in [2.75, 3.05) is 13.2 Å². The summed E-state index contributed by atoms with van der Waals surface area (Å²) < 4.78 is 12.0. The van der Waals surface area contributed by atoms with E-state index in [0.29, 0.717) is 24.2 Å². The van der Waals surface area contributed by atoms with Crippen LogP contribution >= 0.6 is 34.2 Å². The summed E-state index contributed by atoms with van der Waals surface area (Å²) in [6.07, 6.45) is 0. The number of fused-ring (bicyclic) bond motifs is 1. The maximum Gasteiger partial charge on any atom is 0.162 e. The second kappa shape index (κ2) is 5.96. The van der Waals surface area contributed by atoms with Gasteiger partial charge in [-0.15, -0.1) is 0 Å². The summed E-state index contributed by atoms with van der Waals surface area (Å²) in [6.45, 7) is 5.32. The van der Waals surface area contributed by atoms with Crippen LogP contribution in [0.25, 0.3) is 11.4 Å². The standard InChI is InChI=1S/C15H14ClIN2O2/c1-8(2)13-12(17)14(16)19-15(18-13)9-3-4-10-11(7-9)21-6-5-20-10/h3-4,7-8H,5-6H2,1-2H3. The molecule has 0 amide bonds. The number of rotatable bonds is 2. The van der Waals surface area contributed by atoms with Crippen molar-refractivity contribution in [3.8, 4) is 22.9 Å². The van der Waals surface area contributed by atoms with Crippen LogP contribution in [0.15, 0.2) is 18.2 Å². The van der Waals surface area contributed by atoms with Crippen LogP contribution in [0.4, 0.5) is 0 Å². The quantitative estimate of drug-likeness (QED) is 0.541. The summed E-state index contributed by atoms with van der Waals surface area (Å²) in [4.78, 5) is 9.04. The molecule has 0 fully saturated rings. The van der Waals surface area contributed by atoms with Crippen molar-refractivity contribution in [2.45, 2.75) is 19.8 Å². The van der Waals surface area contributed by atoms with Gasteiger partial charge in [0.1, 0.15) is 18.4 Å². The van der Waals surface area contributed by atoms with Crippen LogP contribution in [-0.2, 0) is 0 Å². The summed E-state index contributed by atoms with van der Waals surface area (Å²) in [7, 11) is 0. The van der Waals surface area contributed by atoms with Gasteiger partial charge in [0.15, 0.2) is 17.3 Å². The summed E-state index contributed by atoms with van der Waals surface area (Å²) in [5.74, 6) is 2.38. The zero-order valence-corrected chi connectivity index (χ0v) is 14.6. The zero-order valence-electron chi connectivity index (χ0n) is 11.7. The number of hydrogen-bond acceptors (Lipinski definition) is 4. The van der Waals surface area contributed by atoms with Crippen LogP contribution in [-0.4, -0.2) is 23.2 Å². The number of hydrogen-bond donors (Lipinski definition) is 0. The Hall–Kier alpha value is -1.08. The molecule has 4 nitrogen and oxygen atoms in total. The van der Waals surface area contributed by atoms with Crippen molar-refractivity contribution in [1.82, 2.24) is 9.97 Å². The Morgan fingerprint density at radius 1 is 1.14 bits per heavy atom. The van der Waals surface area contributed by atoms with Gasteiger partial charge < -0.3 is 9.47 Å². The van der Waals surface area contributed by atoms with Gasteiger partial charge in [-0.1, -0.05) is 25.4 Å². The highest BCUT2D eigenvalue weighted by molar-refractivity contribution is 14.1. The lowest BCUT2D eigenvalue weighted by molar-refractivity contribution is 0.171. The first-order valence-corrected chi connectivity index (χ1v) is 8.15. The third-order valence-corrected chi connectivity index (χ3v) is 4.84. The minimum Gasteiger partial charge on any atom is -0.486 e. The van der Waals surface area contributed by atoms with E-state index in [9.17, 15) is 0 Å². The van der Waals surface area contributed by atoms with Crippen molar-refractivity contribution in [3.63, 3.8) is 0 Å². The molecule has 0 aliphatic carbocycles. The third kappa shape index (κ3) is 2.94. The van der Waals surface area contributed by atoms with Crippen molar-refractivity contribution in [3.05, 3.63) is 32.6 Å². The Bertz CT molecular complexity index is 692.